The molecule has 0 saturated heterocycles. The van der Waals surface area contributed by atoms with Gasteiger partial charge in [0.2, 0.25) is 0 Å². The third-order valence-electron chi connectivity index (χ3n) is 3.76. The monoisotopic (exact) mass is 272 g/mol. The van der Waals surface area contributed by atoms with Gasteiger partial charge in [-0.2, -0.15) is 5.26 Å². The predicted octanol–water partition coefficient (Wildman–Crippen LogP) is 2.62. The average molecular weight is 272 g/mol. The van der Waals surface area contributed by atoms with Gasteiger partial charge in [0.05, 0.1) is 23.0 Å². The Morgan fingerprint density at radius 3 is 2.70 bits per heavy atom. The fourth-order valence-electron chi connectivity index (χ4n) is 2.56. The number of nitrogens with zero attached hydrogens (tertiary/aromatic N) is 2. The van der Waals surface area contributed by atoms with E-state index >= 15 is 0 Å². The van der Waals surface area contributed by atoms with Crippen molar-refractivity contribution >= 4 is 17.4 Å². The van der Waals surface area contributed by atoms with Gasteiger partial charge in [0.15, 0.2) is 0 Å². The quantitative estimate of drug-likeness (QED) is 0.812. The molecular weight excluding hydrogens is 252 g/mol. The number of carbonyl (C=O) groups is 1. The molecule has 1 aliphatic rings. The summed E-state index contributed by atoms with van der Waals surface area (Å²) in [6.07, 6.45) is 5.69. The molecule has 0 radical (unpaired) electrons. The first-order valence-electron chi connectivity index (χ1n) is 6.95. The summed E-state index contributed by atoms with van der Waals surface area (Å²) in [4.78, 5) is 13.7. The van der Waals surface area contributed by atoms with Crippen molar-refractivity contribution in [3.8, 4) is 6.07 Å². The Bertz CT molecular complexity index is 529. The van der Waals surface area contributed by atoms with Crippen LogP contribution in [-0.2, 0) is 0 Å². The van der Waals surface area contributed by atoms with Crippen molar-refractivity contribution < 1.29 is 4.79 Å². The fraction of sp³-hybridized carbons (Fsp3) is 0.467. The zero-order valence-electron chi connectivity index (χ0n) is 11.7. The van der Waals surface area contributed by atoms with Gasteiger partial charge in [0, 0.05) is 13.1 Å². The second-order valence-corrected chi connectivity index (χ2v) is 5.23. The van der Waals surface area contributed by atoms with Gasteiger partial charge in [-0.3, -0.25) is 4.90 Å². The van der Waals surface area contributed by atoms with Crippen molar-refractivity contribution in [2.45, 2.75) is 38.1 Å². The Balaban J connectivity index is 2.04. The van der Waals surface area contributed by atoms with Crippen LogP contribution in [0.2, 0.25) is 0 Å². The van der Waals surface area contributed by atoms with Crippen LogP contribution in [0.5, 0.6) is 0 Å². The normalized spacial score (nSPS) is 15.4. The number of anilines is 2. The second kappa shape index (κ2) is 6.29. The van der Waals surface area contributed by atoms with E-state index in [1.54, 1.807) is 25.2 Å². The molecule has 3 N–H and O–H groups in total. The summed E-state index contributed by atoms with van der Waals surface area (Å²) < 4.78 is 0. The Hall–Kier alpha value is -2.22. The molecule has 2 rings (SSSR count). The summed E-state index contributed by atoms with van der Waals surface area (Å²) in [6, 6.07) is 7.10. The number of urea groups is 1. The minimum atomic E-state index is -0.145. The lowest BCUT2D eigenvalue weighted by Crippen LogP contribution is -2.44. The van der Waals surface area contributed by atoms with E-state index < -0.39 is 0 Å². The van der Waals surface area contributed by atoms with E-state index in [2.05, 4.69) is 5.32 Å². The van der Waals surface area contributed by atoms with Crippen molar-refractivity contribution in [2.24, 2.45) is 0 Å². The molecule has 0 spiro atoms. The first kappa shape index (κ1) is 14.2. The fourth-order valence-corrected chi connectivity index (χ4v) is 2.56. The highest BCUT2D eigenvalue weighted by atomic mass is 16.2. The van der Waals surface area contributed by atoms with Gasteiger partial charge < -0.3 is 11.1 Å². The Kier molecular flexibility index (Phi) is 4.46. The highest BCUT2D eigenvalue weighted by molar-refractivity contribution is 5.94. The number of nitrogens with one attached hydrogen (secondary N) is 1. The molecule has 0 bridgehead atoms. The first-order chi connectivity index (χ1) is 9.61. The first-order valence-corrected chi connectivity index (χ1v) is 6.95. The summed E-state index contributed by atoms with van der Waals surface area (Å²) >= 11 is 0. The van der Waals surface area contributed by atoms with Crippen molar-refractivity contribution in [1.82, 2.24) is 5.32 Å². The third kappa shape index (κ3) is 3.21. The van der Waals surface area contributed by atoms with E-state index in [4.69, 9.17) is 11.0 Å². The molecular formula is C15H20N4O. The van der Waals surface area contributed by atoms with Gasteiger partial charge in [-0.1, -0.05) is 19.3 Å². The van der Waals surface area contributed by atoms with Gasteiger partial charge in [-0.15, -0.1) is 0 Å². The zero-order chi connectivity index (χ0) is 14.5. The number of benzene rings is 1. The number of hydrogen-bond donors (Lipinski definition) is 2. The highest BCUT2D eigenvalue weighted by Gasteiger charge is 2.19. The van der Waals surface area contributed by atoms with E-state index in [0.29, 0.717) is 16.9 Å². The Morgan fingerprint density at radius 2 is 2.10 bits per heavy atom. The van der Waals surface area contributed by atoms with Crippen LogP contribution >= 0.6 is 0 Å². The van der Waals surface area contributed by atoms with Gasteiger partial charge in [0.1, 0.15) is 0 Å². The average Bonchev–Trinajstić information content (AvgIpc) is 2.47. The molecule has 106 valence electrons. The summed E-state index contributed by atoms with van der Waals surface area (Å²) in [5, 5.41) is 11.9. The summed E-state index contributed by atoms with van der Waals surface area (Å²) in [6.45, 7) is 0. The van der Waals surface area contributed by atoms with Crippen LogP contribution in [0.4, 0.5) is 16.2 Å². The van der Waals surface area contributed by atoms with E-state index in [0.717, 1.165) is 12.8 Å². The number of nitriles is 1. The van der Waals surface area contributed by atoms with E-state index in [9.17, 15) is 4.79 Å². The summed E-state index contributed by atoms with van der Waals surface area (Å²) in [7, 11) is 1.69. The van der Waals surface area contributed by atoms with Crippen LogP contribution in [0.15, 0.2) is 18.2 Å². The lowest BCUT2D eigenvalue weighted by atomic mass is 9.96. The van der Waals surface area contributed by atoms with Crippen molar-refractivity contribution in [3.63, 3.8) is 0 Å². The molecule has 1 saturated carbocycles. The molecule has 0 aromatic heterocycles. The molecule has 1 aliphatic carbocycles. The largest absolute Gasteiger partial charge is 0.397 e. The molecule has 1 fully saturated rings. The molecule has 0 heterocycles. The van der Waals surface area contributed by atoms with Crippen molar-refractivity contribution in [3.05, 3.63) is 23.8 Å². The molecule has 5 nitrogen and oxygen atoms in total. The predicted molar refractivity (Wildman–Crippen MR) is 79.4 cm³/mol. The van der Waals surface area contributed by atoms with Gasteiger partial charge >= 0.3 is 6.03 Å². The topological polar surface area (TPSA) is 82.2 Å². The van der Waals surface area contributed by atoms with Crippen LogP contribution in [0.3, 0.4) is 0 Å². The second-order valence-electron chi connectivity index (χ2n) is 5.23. The van der Waals surface area contributed by atoms with E-state index in [1.807, 2.05) is 6.07 Å². The highest BCUT2D eigenvalue weighted by Crippen LogP contribution is 2.24. The molecule has 2 amide bonds. The molecule has 0 atom stereocenters. The lowest BCUT2D eigenvalue weighted by molar-refractivity contribution is 0.239. The smallest absolute Gasteiger partial charge is 0.321 e. The van der Waals surface area contributed by atoms with Crippen molar-refractivity contribution in [2.75, 3.05) is 17.7 Å². The van der Waals surface area contributed by atoms with Gasteiger partial charge in [0.25, 0.3) is 0 Å². The number of carbonyl (C=O) groups excluding carboxylic acids is 1. The number of hydrogen-bond acceptors (Lipinski definition) is 3. The van der Waals surface area contributed by atoms with E-state index in [-0.39, 0.29) is 12.1 Å². The van der Waals surface area contributed by atoms with Crippen LogP contribution < -0.4 is 16.0 Å². The lowest BCUT2D eigenvalue weighted by Gasteiger charge is -2.26. The number of nitrogen functional groups attached to an aromatic ring is 1. The maximum Gasteiger partial charge on any atom is 0.321 e. The maximum atomic E-state index is 12.2. The SMILES string of the molecule is CN(C(=O)NC1CCCCC1)c1ccc(C#N)cc1N. The molecule has 1 aromatic rings. The zero-order valence-corrected chi connectivity index (χ0v) is 11.7. The maximum absolute atomic E-state index is 12.2. The van der Waals surface area contributed by atoms with E-state index in [1.165, 1.54) is 24.2 Å². The molecule has 1 aromatic carbocycles. The van der Waals surface area contributed by atoms with Crippen LogP contribution in [0.25, 0.3) is 0 Å². The van der Waals surface area contributed by atoms with Crippen LogP contribution in [0, 0.1) is 11.3 Å². The minimum absolute atomic E-state index is 0.145. The Morgan fingerprint density at radius 1 is 1.40 bits per heavy atom. The van der Waals surface area contributed by atoms with Gasteiger partial charge in [-0.05, 0) is 31.0 Å². The molecule has 0 aliphatic heterocycles. The van der Waals surface area contributed by atoms with Crippen molar-refractivity contribution in [1.29, 1.82) is 5.26 Å². The molecule has 20 heavy (non-hydrogen) atoms. The third-order valence-corrected chi connectivity index (χ3v) is 3.76. The molecule has 5 heteroatoms. The summed E-state index contributed by atoms with van der Waals surface area (Å²) in [5.41, 5.74) is 7.45. The minimum Gasteiger partial charge on any atom is -0.397 e. The number of amides is 2. The molecule has 0 unspecified atom stereocenters. The van der Waals surface area contributed by atoms with Crippen LogP contribution in [0.1, 0.15) is 37.7 Å². The Labute approximate surface area is 119 Å². The van der Waals surface area contributed by atoms with Gasteiger partial charge in [-0.25, -0.2) is 4.79 Å². The number of nitrogens with two attached hydrogens (primary N) is 1. The van der Waals surface area contributed by atoms with Crippen LogP contribution in [-0.4, -0.2) is 19.1 Å². The standard InChI is InChI=1S/C15H20N4O/c1-19(14-8-7-11(10-16)9-13(14)17)15(20)18-12-5-3-2-4-6-12/h7-9,12H,2-6,17H2,1H3,(H,18,20). The number of rotatable bonds is 2. The summed E-state index contributed by atoms with van der Waals surface area (Å²) in [5.74, 6) is 0.